The minimum absolute atomic E-state index is 0.0206. The molecule has 0 bridgehead atoms. The summed E-state index contributed by atoms with van der Waals surface area (Å²) in [5.41, 5.74) is 4.67. The summed E-state index contributed by atoms with van der Waals surface area (Å²) in [5, 5.41) is 11.3. The van der Waals surface area contributed by atoms with Crippen molar-refractivity contribution >= 4 is 16.9 Å². The molecule has 3 aliphatic rings. The average Bonchev–Trinajstić information content (AvgIpc) is 2.82. The number of rotatable bonds is 2. The van der Waals surface area contributed by atoms with E-state index in [1.165, 1.54) is 17.8 Å². The third-order valence-electron chi connectivity index (χ3n) is 4.02. The van der Waals surface area contributed by atoms with Gasteiger partial charge >= 0.3 is 0 Å². The van der Waals surface area contributed by atoms with Crippen LogP contribution in [-0.4, -0.2) is 28.2 Å². The van der Waals surface area contributed by atoms with E-state index in [0.29, 0.717) is 17.5 Å². The van der Waals surface area contributed by atoms with Crippen molar-refractivity contribution in [2.45, 2.75) is 18.6 Å². The maximum Gasteiger partial charge on any atom is 0.247 e. The Labute approximate surface area is 119 Å². The molecule has 0 spiro atoms. The Hall–Kier alpha value is -1.41. The average molecular weight is 299 g/mol. The molecule has 0 radical (unpaired) electrons. The van der Waals surface area contributed by atoms with E-state index in [4.69, 9.17) is 10.5 Å². The Kier molecular flexibility index (Phi) is 3.29. The molecule has 2 N–H and O–H groups in total. The molecule has 0 amide bonds. The quantitative estimate of drug-likeness (QED) is 0.620. The Bertz CT molecular complexity index is 548. The Morgan fingerprint density at radius 1 is 1.60 bits per heavy atom. The molecule has 108 valence electrons. The number of amidine groups is 1. The van der Waals surface area contributed by atoms with Gasteiger partial charge in [0.2, 0.25) is 5.70 Å². The summed E-state index contributed by atoms with van der Waals surface area (Å²) in [7, 11) is 0. The number of nitrogens with zero attached hydrogens (tertiary/aromatic N) is 2. The van der Waals surface area contributed by atoms with Gasteiger partial charge in [-0.15, -0.1) is 0 Å². The summed E-state index contributed by atoms with van der Waals surface area (Å²) >= 11 is 1.42. The van der Waals surface area contributed by atoms with Crippen molar-refractivity contribution in [1.29, 1.82) is 0 Å². The lowest BCUT2D eigenvalue weighted by Gasteiger charge is -2.39. The monoisotopic (exact) mass is 299 g/mol. The molecule has 0 aromatic carbocycles. The van der Waals surface area contributed by atoms with Crippen LogP contribution in [0.15, 0.2) is 28.7 Å². The molecule has 3 rings (SSSR count). The lowest BCUT2D eigenvalue weighted by molar-refractivity contribution is -0.429. The number of halogens is 1. The number of ether oxygens (including phenoxy) is 1. The van der Waals surface area contributed by atoms with Crippen LogP contribution in [0.1, 0.15) is 12.8 Å². The lowest BCUT2D eigenvalue weighted by Crippen LogP contribution is -2.47. The van der Waals surface area contributed by atoms with Crippen molar-refractivity contribution in [3.05, 3.63) is 33.8 Å². The molecule has 0 saturated carbocycles. The highest BCUT2D eigenvalue weighted by Gasteiger charge is 2.55. The molecule has 8 heteroatoms. The first-order chi connectivity index (χ1) is 9.53. The third kappa shape index (κ3) is 2.03. The summed E-state index contributed by atoms with van der Waals surface area (Å²) in [5.74, 6) is -0.447. The number of hydrogen-bond acceptors (Lipinski definition) is 6. The molecule has 2 unspecified atom stereocenters. The normalized spacial score (nSPS) is 36.8. The molecule has 6 nitrogen and oxygen atoms in total. The standard InChI is InChI=1S/C12H14FN3O3S/c13-10-2-1-8(16(17)18)5-9(10)12-7(3-4-19-12)6-20-11(14)15-12/h1-2,7,9H,3-6H2,(H2,14,15)/t7?,9?,12-/m1/s1. The maximum atomic E-state index is 14.2. The molecule has 20 heavy (non-hydrogen) atoms. The summed E-state index contributed by atoms with van der Waals surface area (Å²) in [6, 6.07) is 0. The highest BCUT2D eigenvalue weighted by atomic mass is 32.2. The Morgan fingerprint density at radius 3 is 3.15 bits per heavy atom. The molecular formula is C12H14FN3O3S. The molecule has 3 atom stereocenters. The smallest absolute Gasteiger partial charge is 0.247 e. The molecule has 2 heterocycles. The second-order valence-corrected chi connectivity index (χ2v) is 6.11. The van der Waals surface area contributed by atoms with Crippen molar-refractivity contribution in [2.24, 2.45) is 22.6 Å². The summed E-state index contributed by atoms with van der Waals surface area (Å²) < 4.78 is 20.0. The van der Waals surface area contributed by atoms with Crippen LogP contribution in [-0.2, 0) is 4.74 Å². The Balaban J connectivity index is 1.99. The fraction of sp³-hybridized carbons (Fsp3) is 0.583. The number of thioether (sulfide) groups is 1. The van der Waals surface area contributed by atoms with Crippen molar-refractivity contribution in [3.8, 4) is 0 Å². The highest BCUT2D eigenvalue weighted by Crippen LogP contribution is 2.49. The molecule has 1 aliphatic carbocycles. The van der Waals surface area contributed by atoms with E-state index in [-0.39, 0.29) is 18.0 Å². The second-order valence-electron chi connectivity index (χ2n) is 5.07. The minimum atomic E-state index is -1.08. The summed E-state index contributed by atoms with van der Waals surface area (Å²) in [6.07, 6.45) is 3.10. The topological polar surface area (TPSA) is 90.8 Å². The van der Waals surface area contributed by atoms with Gasteiger partial charge in [0, 0.05) is 17.7 Å². The zero-order chi connectivity index (χ0) is 14.3. The van der Waals surface area contributed by atoms with Gasteiger partial charge in [0.05, 0.1) is 23.9 Å². The van der Waals surface area contributed by atoms with E-state index in [1.54, 1.807) is 0 Å². The van der Waals surface area contributed by atoms with E-state index in [2.05, 4.69) is 4.99 Å². The molecule has 0 aromatic rings. The van der Waals surface area contributed by atoms with Crippen LogP contribution < -0.4 is 5.73 Å². The summed E-state index contributed by atoms with van der Waals surface area (Å²) in [6.45, 7) is 0.475. The molecule has 1 fully saturated rings. The summed E-state index contributed by atoms with van der Waals surface area (Å²) in [4.78, 5) is 14.8. The number of nitrogens with two attached hydrogens (primary N) is 1. The number of aliphatic imine (C=N–C) groups is 1. The minimum Gasteiger partial charge on any atom is -0.378 e. The number of allylic oxidation sites excluding steroid dienone is 3. The van der Waals surface area contributed by atoms with Crippen molar-refractivity contribution < 1.29 is 14.1 Å². The van der Waals surface area contributed by atoms with E-state index < -0.39 is 22.4 Å². The van der Waals surface area contributed by atoms with Gasteiger partial charge < -0.3 is 10.5 Å². The first-order valence-corrected chi connectivity index (χ1v) is 7.34. The van der Waals surface area contributed by atoms with Crippen LogP contribution in [0.5, 0.6) is 0 Å². The zero-order valence-corrected chi connectivity index (χ0v) is 11.4. The largest absolute Gasteiger partial charge is 0.378 e. The van der Waals surface area contributed by atoms with Crippen LogP contribution >= 0.6 is 11.8 Å². The second kappa shape index (κ2) is 4.85. The first kappa shape index (κ1) is 13.6. The van der Waals surface area contributed by atoms with Crippen LogP contribution in [0.25, 0.3) is 0 Å². The number of fused-ring (bicyclic) bond motifs is 1. The van der Waals surface area contributed by atoms with Crippen molar-refractivity contribution in [1.82, 2.24) is 0 Å². The first-order valence-electron chi connectivity index (χ1n) is 6.35. The molecular weight excluding hydrogens is 285 g/mol. The van der Waals surface area contributed by atoms with Crippen LogP contribution in [0, 0.1) is 22.0 Å². The van der Waals surface area contributed by atoms with Crippen LogP contribution in [0.2, 0.25) is 0 Å². The highest BCUT2D eigenvalue weighted by molar-refractivity contribution is 8.13. The predicted octanol–water partition coefficient (Wildman–Crippen LogP) is 1.81. The number of hydrogen-bond donors (Lipinski definition) is 1. The zero-order valence-electron chi connectivity index (χ0n) is 10.6. The number of nitro groups is 1. The van der Waals surface area contributed by atoms with E-state index >= 15 is 0 Å². The van der Waals surface area contributed by atoms with E-state index in [0.717, 1.165) is 12.5 Å². The van der Waals surface area contributed by atoms with Gasteiger partial charge in [-0.1, -0.05) is 11.8 Å². The lowest BCUT2D eigenvalue weighted by atomic mass is 9.80. The fourth-order valence-corrected chi connectivity index (χ4v) is 4.00. The van der Waals surface area contributed by atoms with Gasteiger partial charge in [-0.05, 0) is 12.5 Å². The molecule has 2 aliphatic heterocycles. The van der Waals surface area contributed by atoms with Crippen molar-refractivity contribution in [3.63, 3.8) is 0 Å². The molecule has 0 aromatic heterocycles. The van der Waals surface area contributed by atoms with Crippen LogP contribution in [0.3, 0.4) is 0 Å². The van der Waals surface area contributed by atoms with Gasteiger partial charge in [0.25, 0.3) is 0 Å². The fourth-order valence-electron chi connectivity index (χ4n) is 3.01. The van der Waals surface area contributed by atoms with Gasteiger partial charge in [-0.3, -0.25) is 10.1 Å². The van der Waals surface area contributed by atoms with Crippen LogP contribution in [0.4, 0.5) is 4.39 Å². The van der Waals surface area contributed by atoms with Gasteiger partial charge in [0.15, 0.2) is 10.9 Å². The predicted molar refractivity (Wildman–Crippen MR) is 73.2 cm³/mol. The van der Waals surface area contributed by atoms with Crippen molar-refractivity contribution in [2.75, 3.05) is 12.4 Å². The van der Waals surface area contributed by atoms with Gasteiger partial charge in [0.1, 0.15) is 5.83 Å². The SMILES string of the molecule is NC1=N[C@@]2(C3CC([N+](=O)[O-])=CC=C3F)OCCC2CS1. The van der Waals surface area contributed by atoms with Gasteiger partial charge in [-0.25, -0.2) is 9.38 Å². The molecule has 1 saturated heterocycles. The Morgan fingerprint density at radius 2 is 2.40 bits per heavy atom. The van der Waals surface area contributed by atoms with E-state index in [9.17, 15) is 14.5 Å². The maximum absolute atomic E-state index is 14.2. The van der Waals surface area contributed by atoms with E-state index in [1.807, 2.05) is 0 Å². The third-order valence-corrected chi connectivity index (χ3v) is 4.97. The van der Waals surface area contributed by atoms with Gasteiger partial charge in [-0.2, -0.15) is 0 Å².